The molecule has 2 aromatic rings. The quantitative estimate of drug-likeness (QED) is 0.591. The number of hydrogen-bond acceptors (Lipinski definition) is 5. The van der Waals surface area contributed by atoms with Crippen LogP contribution in [0.15, 0.2) is 54.6 Å². The molecule has 1 unspecified atom stereocenters. The van der Waals surface area contributed by atoms with Crippen molar-refractivity contribution in [3.05, 3.63) is 71.4 Å². The summed E-state index contributed by atoms with van der Waals surface area (Å²) in [6, 6.07) is 5.96. The van der Waals surface area contributed by atoms with Crippen molar-refractivity contribution in [3.63, 3.8) is 0 Å². The van der Waals surface area contributed by atoms with Gasteiger partial charge in [-0.2, -0.15) is 26.3 Å². The molecule has 0 aliphatic carbocycles. The number of rotatable bonds is 5. The molecule has 1 atom stereocenters. The Balaban J connectivity index is 1.79. The van der Waals surface area contributed by atoms with Crippen LogP contribution in [0.25, 0.3) is 0 Å². The third kappa shape index (κ3) is 5.57. The molecule has 2 heterocycles. The molecule has 0 radical (unpaired) electrons. The van der Waals surface area contributed by atoms with E-state index in [1.807, 2.05) is 5.59 Å². The summed E-state index contributed by atoms with van der Waals surface area (Å²) in [7, 11) is 0. The van der Waals surface area contributed by atoms with Gasteiger partial charge in [0.15, 0.2) is 0 Å². The van der Waals surface area contributed by atoms with Crippen molar-refractivity contribution in [1.82, 2.24) is 15.9 Å². The van der Waals surface area contributed by atoms with Gasteiger partial charge >= 0.3 is 18.4 Å². The van der Waals surface area contributed by atoms with Crippen molar-refractivity contribution in [2.45, 2.75) is 24.8 Å². The van der Waals surface area contributed by atoms with E-state index in [0.717, 1.165) is 23.2 Å². The van der Waals surface area contributed by atoms with Crippen LogP contribution in [-0.2, 0) is 17.4 Å². The fourth-order valence-electron chi connectivity index (χ4n) is 2.75. The molecule has 0 saturated carbocycles. The molecule has 3 N–H and O–H groups in total. The fraction of sp³-hybridized carbons (Fsp3) is 0.222. The van der Waals surface area contributed by atoms with Gasteiger partial charge in [0, 0.05) is 12.1 Å². The fourth-order valence-corrected chi connectivity index (χ4v) is 2.75. The lowest BCUT2D eigenvalue weighted by molar-refractivity contribution is -0.138. The van der Waals surface area contributed by atoms with Gasteiger partial charge in [-0.25, -0.2) is 9.80 Å². The van der Waals surface area contributed by atoms with Crippen LogP contribution in [-0.4, -0.2) is 22.4 Å². The number of carbonyl (C=O) groups is 1. The minimum atomic E-state index is -4.68. The van der Waals surface area contributed by atoms with E-state index >= 15 is 0 Å². The predicted octanol–water partition coefficient (Wildman–Crippen LogP) is 4.31. The van der Waals surface area contributed by atoms with E-state index in [1.54, 1.807) is 0 Å². The molecule has 1 aromatic carbocycles. The molecule has 0 bridgehead atoms. The van der Waals surface area contributed by atoms with Crippen molar-refractivity contribution in [2.75, 3.05) is 5.01 Å². The first-order valence-electron chi connectivity index (χ1n) is 8.56. The number of nitrogens with one attached hydrogen (secondary N) is 2. The second-order valence-electron chi connectivity index (χ2n) is 6.39. The topological polar surface area (TPSA) is 86.7 Å². The van der Waals surface area contributed by atoms with E-state index in [1.165, 1.54) is 24.4 Å². The minimum absolute atomic E-state index is 0.0791. The van der Waals surface area contributed by atoms with Crippen molar-refractivity contribution in [1.29, 1.82) is 0 Å². The van der Waals surface area contributed by atoms with E-state index in [2.05, 4.69) is 15.1 Å². The van der Waals surface area contributed by atoms with E-state index < -0.39 is 35.8 Å². The van der Waals surface area contributed by atoms with Crippen LogP contribution in [0, 0.1) is 0 Å². The third-order valence-electron chi connectivity index (χ3n) is 4.19. The van der Waals surface area contributed by atoms with Crippen molar-refractivity contribution < 1.29 is 41.1 Å². The molecule has 1 amide bonds. The maximum absolute atomic E-state index is 13.0. The monoisotopic (exact) mass is 448 g/mol. The first-order chi connectivity index (χ1) is 14.4. The Morgan fingerprint density at radius 1 is 1.16 bits per heavy atom. The highest BCUT2D eigenvalue weighted by molar-refractivity contribution is 5.65. The Labute approximate surface area is 170 Å². The van der Waals surface area contributed by atoms with Crippen LogP contribution in [0.4, 0.5) is 36.8 Å². The number of anilines is 1. The molecular weight excluding hydrogens is 434 g/mol. The molecule has 3 rings (SSSR count). The number of hydrazine groups is 1. The number of alkyl halides is 6. The molecule has 1 aliphatic heterocycles. The number of allylic oxidation sites excluding steroid dienone is 1. The standard InChI is InChI=1S/C18H14F6N4O3/c19-17(20,21)11-3-1-2-10(6-11)14(26-16(29)30)7-12-4-5-13(8-25-12)28-9-15(31-27-28)18(22,23)24/h1-6,8-9,14,26-27H,7H2,(H,29,30). The number of hydrogen-bond donors (Lipinski definition) is 3. The van der Waals surface area contributed by atoms with Crippen LogP contribution in [0.1, 0.15) is 22.9 Å². The van der Waals surface area contributed by atoms with Gasteiger partial charge in [0.25, 0.3) is 0 Å². The second kappa shape index (κ2) is 8.34. The molecular formula is C18H14F6N4O3. The number of nitrogens with zero attached hydrogens (tertiary/aromatic N) is 2. The number of amides is 1. The average molecular weight is 448 g/mol. The number of pyridine rings is 1. The van der Waals surface area contributed by atoms with Crippen LogP contribution in [0.2, 0.25) is 0 Å². The molecule has 1 aromatic heterocycles. The summed E-state index contributed by atoms with van der Waals surface area (Å²) in [6.45, 7) is 0. The first-order valence-corrected chi connectivity index (χ1v) is 8.56. The molecule has 13 heteroatoms. The molecule has 31 heavy (non-hydrogen) atoms. The average Bonchev–Trinajstić information content (AvgIpc) is 3.18. The Morgan fingerprint density at radius 2 is 1.90 bits per heavy atom. The number of carboxylic acid groups (broad SMARTS) is 1. The van der Waals surface area contributed by atoms with E-state index in [-0.39, 0.29) is 17.7 Å². The van der Waals surface area contributed by atoms with Gasteiger partial charge in [-0.05, 0) is 29.8 Å². The first kappa shape index (κ1) is 22.2. The molecule has 0 saturated heterocycles. The number of aromatic nitrogens is 1. The summed E-state index contributed by atoms with van der Waals surface area (Å²) in [4.78, 5) is 19.5. The molecule has 0 spiro atoms. The van der Waals surface area contributed by atoms with Crippen molar-refractivity contribution in [3.8, 4) is 0 Å². The van der Waals surface area contributed by atoms with E-state index in [9.17, 15) is 31.1 Å². The smallest absolute Gasteiger partial charge is 0.453 e. The highest BCUT2D eigenvalue weighted by atomic mass is 19.4. The lowest BCUT2D eigenvalue weighted by Crippen LogP contribution is -2.29. The Kier molecular flexibility index (Phi) is 5.97. The Bertz CT molecular complexity index is 975. The lowest BCUT2D eigenvalue weighted by Gasteiger charge is -2.19. The van der Waals surface area contributed by atoms with Gasteiger partial charge in [-0.3, -0.25) is 4.98 Å². The van der Waals surface area contributed by atoms with Crippen LogP contribution in [0.3, 0.4) is 0 Å². The second-order valence-corrected chi connectivity index (χ2v) is 6.39. The largest absolute Gasteiger partial charge is 0.465 e. The number of benzene rings is 1. The van der Waals surface area contributed by atoms with E-state index in [4.69, 9.17) is 5.11 Å². The molecule has 0 fully saturated rings. The maximum atomic E-state index is 13.0. The van der Waals surface area contributed by atoms with E-state index in [0.29, 0.717) is 11.9 Å². The predicted molar refractivity (Wildman–Crippen MR) is 94.1 cm³/mol. The zero-order valence-electron chi connectivity index (χ0n) is 15.3. The highest BCUT2D eigenvalue weighted by Crippen LogP contribution is 2.32. The number of halogens is 6. The molecule has 1 aliphatic rings. The summed E-state index contributed by atoms with van der Waals surface area (Å²) < 4.78 is 76.8. The minimum Gasteiger partial charge on any atom is -0.465 e. The summed E-state index contributed by atoms with van der Waals surface area (Å²) in [5.74, 6) is -1.26. The van der Waals surface area contributed by atoms with Crippen molar-refractivity contribution in [2.24, 2.45) is 0 Å². The summed E-state index contributed by atoms with van der Waals surface area (Å²) in [5.41, 5.74) is 1.67. The maximum Gasteiger partial charge on any atom is 0.453 e. The van der Waals surface area contributed by atoms with Gasteiger partial charge < -0.3 is 15.3 Å². The Hall–Kier alpha value is -3.48. The Morgan fingerprint density at radius 3 is 2.45 bits per heavy atom. The van der Waals surface area contributed by atoms with Gasteiger partial charge in [-0.1, -0.05) is 17.7 Å². The molecule has 7 nitrogen and oxygen atoms in total. The molecule has 166 valence electrons. The third-order valence-corrected chi connectivity index (χ3v) is 4.19. The van der Waals surface area contributed by atoms with Crippen LogP contribution in [0.5, 0.6) is 0 Å². The highest BCUT2D eigenvalue weighted by Gasteiger charge is 2.40. The van der Waals surface area contributed by atoms with Crippen LogP contribution >= 0.6 is 0 Å². The van der Waals surface area contributed by atoms with Gasteiger partial charge in [0.05, 0.1) is 29.7 Å². The normalized spacial score (nSPS) is 15.3. The summed E-state index contributed by atoms with van der Waals surface area (Å²) in [5, 5.41) is 12.1. The summed E-state index contributed by atoms with van der Waals surface area (Å²) >= 11 is 0. The zero-order chi connectivity index (χ0) is 22.8. The zero-order valence-corrected chi connectivity index (χ0v) is 15.3. The lowest BCUT2D eigenvalue weighted by atomic mass is 9.99. The SMILES string of the molecule is O=C(O)NC(Cc1ccc(N2C=C(C(F)(F)F)ON2)cn1)c1cccc(C(F)(F)F)c1. The summed E-state index contributed by atoms with van der Waals surface area (Å²) in [6.07, 6.45) is -8.95. The van der Waals surface area contributed by atoms with Gasteiger partial charge in [-0.15, -0.1) is 0 Å². The van der Waals surface area contributed by atoms with Gasteiger partial charge in [0.2, 0.25) is 5.76 Å². The van der Waals surface area contributed by atoms with Crippen molar-refractivity contribution >= 4 is 11.8 Å². The van der Waals surface area contributed by atoms with Crippen LogP contribution < -0.4 is 15.9 Å². The van der Waals surface area contributed by atoms with Gasteiger partial charge in [0.1, 0.15) is 0 Å².